The van der Waals surface area contributed by atoms with Gasteiger partial charge in [-0.05, 0) is 103 Å². The molecule has 2 aromatic heterocycles. The third-order valence-corrected chi connectivity index (χ3v) is 9.15. The molecule has 2 aliphatic heterocycles. The molecule has 2 aromatic carbocycles. The number of alkyl carbamates (subject to hydrolysis) is 1. The highest BCUT2D eigenvalue weighted by molar-refractivity contribution is 5.90. The minimum absolute atomic E-state index is 0.316. The Labute approximate surface area is 287 Å². The number of amides is 2. The van der Waals surface area contributed by atoms with Gasteiger partial charge >= 0.3 is 12.2 Å². The van der Waals surface area contributed by atoms with Gasteiger partial charge in [-0.3, -0.25) is 4.57 Å². The number of para-hydroxylation sites is 1. The van der Waals surface area contributed by atoms with Crippen LogP contribution in [0.5, 0.6) is 0 Å². The van der Waals surface area contributed by atoms with Crippen molar-refractivity contribution in [3.63, 3.8) is 0 Å². The third kappa shape index (κ3) is 6.39. The molecule has 49 heavy (non-hydrogen) atoms. The summed E-state index contributed by atoms with van der Waals surface area (Å²) in [5.74, 6) is 1.54. The van der Waals surface area contributed by atoms with E-state index < -0.39 is 22.8 Å². The van der Waals surface area contributed by atoms with Crippen LogP contribution in [-0.2, 0) is 15.0 Å². The Kier molecular flexibility index (Phi) is 8.00. The maximum atomic E-state index is 12.9. The molecule has 1 aliphatic carbocycles. The van der Waals surface area contributed by atoms with E-state index in [0.717, 1.165) is 75.9 Å². The van der Waals surface area contributed by atoms with E-state index in [4.69, 9.17) is 19.4 Å². The number of imidazole rings is 1. The van der Waals surface area contributed by atoms with Gasteiger partial charge in [-0.1, -0.05) is 42.5 Å². The molecular formula is C39H44N6O4. The highest BCUT2D eigenvalue weighted by Gasteiger charge is 2.41. The maximum Gasteiger partial charge on any atom is 0.410 e. The van der Waals surface area contributed by atoms with Gasteiger partial charge < -0.3 is 25.0 Å². The molecule has 254 valence electrons. The van der Waals surface area contributed by atoms with E-state index >= 15 is 0 Å². The average Bonchev–Trinajstić information content (AvgIpc) is 3.36. The van der Waals surface area contributed by atoms with E-state index in [0.29, 0.717) is 19.5 Å². The number of hydrogen-bond acceptors (Lipinski definition) is 7. The number of carbonyl (C=O) groups is 2. The number of nitrogens with one attached hydrogen (secondary N) is 2. The van der Waals surface area contributed by atoms with Gasteiger partial charge in [-0.2, -0.15) is 0 Å². The van der Waals surface area contributed by atoms with Crippen LogP contribution in [0.25, 0.3) is 33.9 Å². The largest absolute Gasteiger partial charge is 0.444 e. The minimum Gasteiger partial charge on any atom is -0.444 e. The molecule has 2 amide bonds. The molecule has 0 spiro atoms. The maximum absolute atomic E-state index is 12.9. The summed E-state index contributed by atoms with van der Waals surface area (Å²) in [6.07, 6.45) is 6.52. The first-order valence-electron chi connectivity index (χ1n) is 17.0. The standard InChI is InChI=1S/C39H44N6O4/c1-37(2,3)48-35(46)43-39(20-10-21-39)27-16-14-26(15-17-27)32-31(25-18-23-44(24-19-25)36(47)49-38(4,5)6)42-34-28-11-7-8-12-29(28)41-33-30(45(32)34)13-9-22-40-33/h7-9,11-18,22H,10,19-21,23-24H2,1-6H3,(H,40,41)(H,43,46). The van der Waals surface area contributed by atoms with Crippen LogP contribution in [0.1, 0.15) is 78.5 Å². The van der Waals surface area contributed by atoms with Crippen molar-refractivity contribution in [3.8, 4) is 28.3 Å². The zero-order chi connectivity index (χ0) is 34.6. The summed E-state index contributed by atoms with van der Waals surface area (Å²) in [5.41, 5.74) is 6.07. The highest BCUT2D eigenvalue weighted by atomic mass is 16.6. The van der Waals surface area contributed by atoms with Crippen LogP contribution in [0.2, 0.25) is 0 Å². The van der Waals surface area contributed by atoms with Crippen molar-refractivity contribution in [3.05, 3.63) is 84.2 Å². The molecule has 10 nitrogen and oxygen atoms in total. The fourth-order valence-corrected chi connectivity index (χ4v) is 6.75. The molecule has 4 heterocycles. The van der Waals surface area contributed by atoms with Gasteiger partial charge in [-0.25, -0.2) is 19.6 Å². The number of carbonyl (C=O) groups excluding carboxylic acids is 2. The van der Waals surface area contributed by atoms with Crippen molar-refractivity contribution >= 4 is 29.3 Å². The van der Waals surface area contributed by atoms with Gasteiger partial charge in [0.1, 0.15) is 17.0 Å². The lowest BCUT2D eigenvalue weighted by Gasteiger charge is -2.43. The van der Waals surface area contributed by atoms with Gasteiger partial charge in [0.25, 0.3) is 0 Å². The number of hydrogen-bond donors (Lipinski definition) is 2. The summed E-state index contributed by atoms with van der Waals surface area (Å²) in [6.45, 7) is 12.2. The number of pyridine rings is 1. The summed E-state index contributed by atoms with van der Waals surface area (Å²) < 4.78 is 13.5. The van der Waals surface area contributed by atoms with E-state index in [2.05, 4.69) is 57.7 Å². The minimum atomic E-state index is -0.578. The SMILES string of the molecule is CC(C)(C)OC(=O)NC1(c2ccc(-c3c(C4=CCN(C(=O)OC(C)(C)C)CC4)nc4n3-c3cccnc3Nc3ccccc3-4)cc2)CCC1. The molecule has 0 atom stereocenters. The third-order valence-electron chi connectivity index (χ3n) is 9.15. The van der Waals surface area contributed by atoms with Gasteiger partial charge in [0.05, 0.1) is 28.3 Å². The van der Waals surface area contributed by atoms with Crippen LogP contribution < -0.4 is 10.6 Å². The first-order chi connectivity index (χ1) is 23.3. The lowest BCUT2D eigenvalue weighted by atomic mass is 9.71. The average molecular weight is 661 g/mol. The summed E-state index contributed by atoms with van der Waals surface area (Å²) in [5, 5.41) is 6.71. The Hall–Kier alpha value is -5.12. The Morgan fingerprint density at radius 2 is 1.65 bits per heavy atom. The second-order valence-electron chi connectivity index (χ2n) is 15.1. The number of rotatable bonds is 4. The first-order valence-corrected chi connectivity index (χ1v) is 17.0. The monoisotopic (exact) mass is 660 g/mol. The summed E-state index contributed by atoms with van der Waals surface area (Å²) in [4.78, 5) is 37.6. The van der Waals surface area contributed by atoms with E-state index in [9.17, 15) is 9.59 Å². The van der Waals surface area contributed by atoms with Crippen LogP contribution in [0, 0.1) is 0 Å². The number of benzene rings is 2. The quantitative estimate of drug-likeness (QED) is 0.199. The van der Waals surface area contributed by atoms with Crippen LogP contribution >= 0.6 is 0 Å². The molecule has 1 saturated carbocycles. The topological polar surface area (TPSA) is 111 Å². The van der Waals surface area contributed by atoms with E-state index in [1.54, 1.807) is 11.1 Å². The number of nitrogens with zero attached hydrogens (tertiary/aromatic N) is 4. The van der Waals surface area contributed by atoms with E-state index in [-0.39, 0.29) is 6.09 Å². The van der Waals surface area contributed by atoms with E-state index in [1.165, 1.54) is 0 Å². The highest BCUT2D eigenvalue weighted by Crippen LogP contribution is 2.46. The summed E-state index contributed by atoms with van der Waals surface area (Å²) >= 11 is 0. The zero-order valence-corrected chi connectivity index (χ0v) is 29.1. The van der Waals surface area contributed by atoms with Gasteiger partial charge in [0, 0.05) is 30.4 Å². The predicted molar refractivity (Wildman–Crippen MR) is 191 cm³/mol. The van der Waals surface area contributed by atoms with Gasteiger partial charge in [-0.15, -0.1) is 0 Å². The zero-order valence-electron chi connectivity index (χ0n) is 29.1. The van der Waals surface area contributed by atoms with Crippen molar-refractivity contribution < 1.29 is 19.1 Å². The fourth-order valence-electron chi connectivity index (χ4n) is 6.75. The summed E-state index contributed by atoms with van der Waals surface area (Å²) in [6, 6.07) is 20.6. The summed E-state index contributed by atoms with van der Waals surface area (Å²) in [7, 11) is 0. The predicted octanol–water partition coefficient (Wildman–Crippen LogP) is 8.59. The molecule has 1 fully saturated rings. The Bertz CT molecular complexity index is 1940. The molecule has 7 rings (SSSR count). The molecule has 0 unspecified atom stereocenters. The molecule has 0 radical (unpaired) electrons. The lowest BCUT2D eigenvalue weighted by Crippen LogP contribution is -2.52. The second kappa shape index (κ2) is 12.1. The molecule has 3 aliphatic rings. The number of fused-ring (bicyclic) bond motifs is 5. The lowest BCUT2D eigenvalue weighted by molar-refractivity contribution is 0.0269. The van der Waals surface area contributed by atoms with Crippen LogP contribution in [0.3, 0.4) is 0 Å². The smallest absolute Gasteiger partial charge is 0.410 e. The van der Waals surface area contributed by atoms with Gasteiger partial charge in [0.15, 0.2) is 5.82 Å². The van der Waals surface area contributed by atoms with Crippen molar-refractivity contribution in [1.29, 1.82) is 0 Å². The number of ether oxygens (including phenoxy) is 2. The Morgan fingerprint density at radius 3 is 2.31 bits per heavy atom. The Balaban J connectivity index is 1.33. The normalized spacial score (nSPS) is 16.4. The van der Waals surface area contributed by atoms with Crippen molar-refractivity contribution in [2.24, 2.45) is 0 Å². The number of aromatic nitrogens is 3. The molecular weight excluding hydrogens is 616 g/mol. The molecule has 0 bridgehead atoms. The molecule has 2 N–H and O–H groups in total. The van der Waals surface area contributed by atoms with Crippen molar-refractivity contribution in [1.82, 2.24) is 24.8 Å². The first kappa shape index (κ1) is 32.4. The Morgan fingerprint density at radius 1 is 0.918 bits per heavy atom. The van der Waals surface area contributed by atoms with Crippen molar-refractivity contribution in [2.45, 2.75) is 84.0 Å². The number of anilines is 2. The van der Waals surface area contributed by atoms with E-state index in [1.807, 2.05) is 65.8 Å². The molecule has 0 saturated heterocycles. The van der Waals surface area contributed by atoms with Crippen molar-refractivity contribution in [2.75, 3.05) is 18.4 Å². The van der Waals surface area contributed by atoms with Crippen LogP contribution in [0.15, 0.2) is 72.9 Å². The van der Waals surface area contributed by atoms with Crippen LogP contribution in [-0.4, -0.2) is 55.9 Å². The molecule has 4 aromatic rings. The fraction of sp³-hybridized carbons (Fsp3) is 0.385. The van der Waals surface area contributed by atoms with Gasteiger partial charge in [0.2, 0.25) is 0 Å². The van der Waals surface area contributed by atoms with Crippen LogP contribution in [0.4, 0.5) is 21.1 Å². The molecule has 10 heteroatoms. The second-order valence-corrected chi connectivity index (χ2v) is 15.1.